The van der Waals surface area contributed by atoms with Crippen LogP contribution in [0, 0.1) is 29.1 Å². The lowest BCUT2D eigenvalue weighted by Crippen LogP contribution is -2.01. The Kier molecular flexibility index (Phi) is 8.65. The molecule has 192 valence electrons. The molecule has 0 aliphatic heterocycles. The summed E-state index contributed by atoms with van der Waals surface area (Å²) in [7, 11) is 0. The van der Waals surface area contributed by atoms with Crippen molar-refractivity contribution in [2.75, 3.05) is 0 Å². The van der Waals surface area contributed by atoms with E-state index < -0.39 is 34.1 Å². The van der Waals surface area contributed by atoms with Crippen LogP contribution < -0.4 is 0 Å². The molecular weight excluding hydrogens is 503 g/mol. The van der Waals surface area contributed by atoms with Gasteiger partial charge in [0.1, 0.15) is 34.1 Å². The third-order valence-electron chi connectivity index (χ3n) is 6.52. The quantitative estimate of drug-likeness (QED) is 0.115. The molecule has 0 bridgehead atoms. The number of allylic oxidation sites excluding steroid dienone is 2. The second-order valence-electron chi connectivity index (χ2n) is 9.11. The highest BCUT2D eigenvalue weighted by Crippen LogP contribution is 2.26. The van der Waals surface area contributed by atoms with Crippen molar-refractivity contribution in [2.45, 2.75) is 45.4 Å². The van der Waals surface area contributed by atoms with Gasteiger partial charge in [0.2, 0.25) is 0 Å². The van der Waals surface area contributed by atoms with Crippen molar-refractivity contribution in [3.63, 3.8) is 0 Å². The van der Waals surface area contributed by atoms with Crippen LogP contribution in [-0.2, 0) is 32.1 Å². The summed E-state index contributed by atoms with van der Waals surface area (Å²) in [5.41, 5.74) is 2.32. The smallest absolute Gasteiger partial charge is 0.145 e. The Balaban J connectivity index is 1.45. The Morgan fingerprint density at radius 2 is 1.27 bits per heavy atom. The molecule has 37 heavy (non-hydrogen) atoms. The van der Waals surface area contributed by atoms with Crippen molar-refractivity contribution in [3.05, 3.63) is 129 Å². The predicted octanol–water partition coefficient (Wildman–Crippen LogP) is 9.27. The predicted molar refractivity (Wildman–Crippen MR) is 140 cm³/mol. The topological polar surface area (TPSA) is 0 Å². The largest absolute Gasteiger partial charge is 0.207 e. The summed E-state index contributed by atoms with van der Waals surface area (Å²) in [6.07, 6.45) is 6.25. The van der Waals surface area contributed by atoms with E-state index in [1.165, 1.54) is 12.1 Å². The molecule has 0 atom stereocenters. The van der Waals surface area contributed by atoms with Crippen molar-refractivity contribution in [1.82, 2.24) is 0 Å². The molecule has 0 saturated carbocycles. The molecule has 0 unspecified atom stereocenters. The zero-order valence-electron chi connectivity index (χ0n) is 20.4. The van der Waals surface area contributed by atoms with E-state index >= 15 is 4.39 Å². The first kappa shape index (κ1) is 26.9. The van der Waals surface area contributed by atoms with E-state index in [0.29, 0.717) is 40.3 Å². The van der Waals surface area contributed by atoms with E-state index in [9.17, 15) is 17.6 Å². The van der Waals surface area contributed by atoms with E-state index in [4.69, 9.17) is 11.6 Å². The molecule has 0 N–H and O–H groups in total. The molecule has 0 aliphatic rings. The van der Waals surface area contributed by atoms with Gasteiger partial charge in [-0.1, -0.05) is 54.1 Å². The number of fused-ring (bicyclic) bond motifs is 1. The van der Waals surface area contributed by atoms with Crippen molar-refractivity contribution in [1.29, 1.82) is 0 Å². The van der Waals surface area contributed by atoms with Gasteiger partial charge in [-0.2, -0.15) is 0 Å². The Hall–Kier alpha value is -3.18. The van der Waals surface area contributed by atoms with Gasteiger partial charge in [-0.05, 0) is 97.4 Å². The van der Waals surface area contributed by atoms with E-state index in [2.05, 4.69) is 0 Å². The molecule has 0 heterocycles. The Morgan fingerprint density at radius 3 is 1.95 bits per heavy atom. The van der Waals surface area contributed by atoms with Gasteiger partial charge in [-0.15, -0.1) is 0 Å². The SMILES string of the molecule is C/C=C/CCc1cc(F)c(CCc2ccc3c(F)c(CCc4cc(F)c(Cl)c(F)c4)ccc3c2)c(F)c1. The second kappa shape index (κ2) is 11.9. The lowest BCUT2D eigenvalue weighted by atomic mass is 9.96. The summed E-state index contributed by atoms with van der Waals surface area (Å²) in [6, 6.07) is 13.7. The van der Waals surface area contributed by atoms with E-state index in [-0.39, 0.29) is 24.8 Å². The molecule has 0 amide bonds. The lowest BCUT2D eigenvalue weighted by molar-refractivity contribution is 0.551. The summed E-state index contributed by atoms with van der Waals surface area (Å²) in [6.45, 7) is 1.90. The van der Waals surface area contributed by atoms with Crippen molar-refractivity contribution in [3.8, 4) is 0 Å². The molecule has 4 rings (SSSR count). The van der Waals surface area contributed by atoms with Crippen LogP contribution in [0.5, 0.6) is 0 Å². The van der Waals surface area contributed by atoms with Crippen LogP contribution in [0.1, 0.15) is 41.2 Å². The molecule has 6 heteroatoms. The van der Waals surface area contributed by atoms with Gasteiger partial charge in [-0.25, -0.2) is 22.0 Å². The first-order valence-electron chi connectivity index (χ1n) is 12.2. The van der Waals surface area contributed by atoms with E-state index in [0.717, 1.165) is 24.1 Å². The highest BCUT2D eigenvalue weighted by Gasteiger charge is 2.14. The highest BCUT2D eigenvalue weighted by atomic mass is 35.5. The monoisotopic (exact) mass is 528 g/mol. The summed E-state index contributed by atoms with van der Waals surface area (Å²) < 4.78 is 71.7. The van der Waals surface area contributed by atoms with Gasteiger partial charge in [-0.3, -0.25) is 0 Å². The lowest BCUT2D eigenvalue weighted by Gasteiger charge is -2.11. The maximum Gasteiger partial charge on any atom is 0.145 e. The molecule has 0 radical (unpaired) electrons. The van der Waals surface area contributed by atoms with Gasteiger partial charge < -0.3 is 0 Å². The van der Waals surface area contributed by atoms with Crippen molar-refractivity contribution in [2.24, 2.45) is 0 Å². The molecule has 4 aromatic rings. The van der Waals surface area contributed by atoms with Crippen LogP contribution in [-0.4, -0.2) is 0 Å². The molecule has 0 aliphatic carbocycles. The van der Waals surface area contributed by atoms with Gasteiger partial charge in [0.05, 0.1) is 0 Å². The summed E-state index contributed by atoms with van der Waals surface area (Å²) in [4.78, 5) is 0. The number of hydrogen-bond acceptors (Lipinski definition) is 0. The third kappa shape index (κ3) is 6.40. The number of hydrogen-bond donors (Lipinski definition) is 0. The van der Waals surface area contributed by atoms with Crippen LogP contribution in [0.25, 0.3) is 10.8 Å². The highest BCUT2D eigenvalue weighted by molar-refractivity contribution is 6.30. The zero-order valence-corrected chi connectivity index (χ0v) is 21.1. The first-order valence-corrected chi connectivity index (χ1v) is 12.6. The normalized spacial score (nSPS) is 11.6. The van der Waals surface area contributed by atoms with Crippen LogP contribution >= 0.6 is 11.6 Å². The maximum atomic E-state index is 15.2. The second-order valence-corrected chi connectivity index (χ2v) is 9.49. The minimum Gasteiger partial charge on any atom is -0.207 e. The average Bonchev–Trinajstić information content (AvgIpc) is 2.86. The number of benzene rings is 4. The number of rotatable bonds is 9. The molecule has 4 aromatic carbocycles. The van der Waals surface area contributed by atoms with Crippen LogP contribution in [0.3, 0.4) is 0 Å². The minimum atomic E-state index is -0.844. The Labute approximate surface area is 218 Å². The molecular formula is C31H26ClF5. The summed E-state index contributed by atoms with van der Waals surface area (Å²) in [5.74, 6) is -3.18. The Morgan fingerprint density at radius 1 is 0.649 bits per heavy atom. The Bertz CT molecular complexity index is 1410. The maximum absolute atomic E-state index is 15.2. The minimum absolute atomic E-state index is 0.0477. The summed E-state index contributed by atoms with van der Waals surface area (Å²) in [5, 5.41) is 0.527. The fourth-order valence-corrected chi connectivity index (χ4v) is 4.60. The van der Waals surface area contributed by atoms with Crippen molar-refractivity contribution >= 4 is 22.4 Å². The standard InChI is InChI=1S/C31H26ClF5/c1-2-3-4-5-20-15-26(33)25(27(34)16-20)13-8-19-7-12-24-23(14-19)11-10-22(31(24)37)9-6-21-17-28(35)30(32)29(36)18-21/h2-3,7,10-12,14-18H,4-6,8-9,13H2,1H3/b3-2+. The van der Waals surface area contributed by atoms with E-state index in [1.54, 1.807) is 24.3 Å². The van der Waals surface area contributed by atoms with Crippen LogP contribution in [0.4, 0.5) is 22.0 Å². The van der Waals surface area contributed by atoms with Gasteiger partial charge in [0.25, 0.3) is 0 Å². The number of aryl methyl sites for hydroxylation is 4. The van der Waals surface area contributed by atoms with Gasteiger partial charge in [0, 0.05) is 10.9 Å². The van der Waals surface area contributed by atoms with Gasteiger partial charge >= 0.3 is 0 Å². The molecule has 0 saturated heterocycles. The van der Waals surface area contributed by atoms with Crippen molar-refractivity contribution < 1.29 is 22.0 Å². The third-order valence-corrected chi connectivity index (χ3v) is 6.89. The van der Waals surface area contributed by atoms with Crippen LogP contribution in [0.15, 0.2) is 66.7 Å². The molecule has 0 fully saturated rings. The molecule has 0 aromatic heterocycles. The average molecular weight is 529 g/mol. The van der Waals surface area contributed by atoms with Crippen LogP contribution in [0.2, 0.25) is 5.02 Å². The first-order chi connectivity index (χ1) is 17.8. The molecule has 0 spiro atoms. The van der Waals surface area contributed by atoms with E-state index in [1.807, 2.05) is 25.1 Å². The fourth-order valence-electron chi connectivity index (χ4n) is 4.49. The summed E-state index contributed by atoms with van der Waals surface area (Å²) >= 11 is 5.52. The molecule has 0 nitrogen and oxygen atoms in total. The number of halogens is 6. The fraction of sp³-hybridized carbons (Fsp3) is 0.226. The van der Waals surface area contributed by atoms with Gasteiger partial charge in [0.15, 0.2) is 0 Å². The zero-order chi connectivity index (χ0) is 26.5.